The van der Waals surface area contributed by atoms with Crippen molar-refractivity contribution in [1.82, 2.24) is 0 Å². The molecule has 1 aromatic carbocycles. The highest BCUT2D eigenvalue weighted by atomic mass is 35.5. The van der Waals surface area contributed by atoms with Crippen LogP contribution in [0.4, 0.5) is 0 Å². The lowest BCUT2D eigenvalue weighted by Crippen LogP contribution is -2.29. The Morgan fingerprint density at radius 2 is 2.11 bits per heavy atom. The molecule has 2 unspecified atom stereocenters. The van der Waals surface area contributed by atoms with E-state index in [1.54, 1.807) is 18.2 Å². The lowest BCUT2D eigenvalue weighted by atomic mass is 9.85. The number of nitrogens with zero attached hydrogens (tertiary/aromatic N) is 1. The van der Waals surface area contributed by atoms with Gasteiger partial charge in [-0.2, -0.15) is 5.26 Å². The molecule has 2 atom stereocenters. The maximum Gasteiger partial charge on any atom is 0.159 e. The monoisotopic (exact) mass is 297 g/mol. The quantitative estimate of drug-likeness (QED) is 0.856. The molecule has 1 aliphatic rings. The lowest BCUT2D eigenvalue weighted by molar-refractivity contribution is -0.127. The molecule has 1 heterocycles. The predicted octanol–water partition coefficient (Wildman–Crippen LogP) is 3.60. The van der Waals surface area contributed by atoms with Crippen molar-refractivity contribution in [1.29, 1.82) is 5.26 Å². The Kier molecular flexibility index (Phi) is 4.81. The van der Waals surface area contributed by atoms with E-state index in [1.165, 1.54) is 0 Å². The molecule has 0 bridgehead atoms. The highest BCUT2D eigenvalue weighted by Gasteiger charge is 2.32. The molecule has 0 spiro atoms. The summed E-state index contributed by atoms with van der Waals surface area (Å²) in [7, 11) is 0. The van der Waals surface area contributed by atoms with E-state index < -0.39 is 5.92 Å². The molecule has 0 saturated carbocycles. The highest BCUT2D eigenvalue weighted by molar-refractivity contribution is 6.36. The number of rotatable bonds is 3. The van der Waals surface area contributed by atoms with Gasteiger partial charge in [0, 0.05) is 28.1 Å². The molecule has 3 nitrogen and oxygen atoms in total. The fourth-order valence-corrected chi connectivity index (χ4v) is 2.87. The number of Topliss-reactive ketones (excluding diaryl/α,β-unsaturated/α-hetero) is 1. The van der Waals surface area contributed by atoms with Crippen molar-refractivity contribution in [3.05, 3.63) is 33.8 Å². The summed E-state index contributed by atoms with van der Waals surface area (Å²) in [5.41, 5.74) is 0.406. The Balaban J connectivity index is 2.29. The van der Waals surface area contributed by atoms with Gasteiger partial charge in [-0.25, -0.2) is 0 Å². The Bertz CT molecular complexity index is 498. The molecule has 1 aromatic rings. The van der Waals surface area contributed by atoms with Crippen LogP contribution < -0.4 is 0 Å². The fourth-order valence-electron chi connectivity index (χ4n) is 2.26. The molecule has 100 valence electrons. The van der Waals surface area contributed by atoms with Crippen molar-refractivity contribution < 1.29 is 9.53 Å². The average molecular weight is 298 g/mol. The molecule has 19 heavy (non-hydrogen) atoms. The number of carbonyl (C=O) groups excluding carboxylic acids is 1. The summed E-state index contributed by atoms with van der Waals surface area (Å²) in [5, 5.41) is 10.0. The molecule has 0 aliphatic carbocycles. The van der Waals surface area contributed by atoms with E-state index in [9.17, 15) is 10.1 Å². The summed E-state index contributed by atoms with van der Waals surface area (Å²) in [6, 6.07) is 6.99. The van der Waals surface area contributed by atoms with Gasteiger partial charge in [-0.1, -0.05) is 29.3 Å². The van der Waals surface area contributed by atoms with Crippen molar-refractivity contribution >= 4 is 29.0 Å². The van der Waals surface area contributed by atoms with Gasteiger partial charge in [0.25, 0.3) is 0 Å². The number of hydrogen-bond acceptors (Lipinski definition) is 3. The Labute approximate surface area is 122 Å². The average Bonchev–Trinajstić information content (AvgIpc) is 2.43. The number of halogens is 2. The van der Waals surface area contributed by atoms with Crippen LogP contribution in [0.3, 0.4) is 0 Å². The Hall–Kier alpha value is -1.08. The van der Waals surface area contributed by atoms with Crippen LogP contribution in [0.25, 0.3) is 0 Å². The zero-order chi connectivity index (χ0) is 13.8. The van der Waals surface area contributed by atoms with Gasteiger partial charge >= 0.3 is 0 Å². The second-order valence-corrected chi connectivity index (χ2v) is 5.33. The molecule has 2 rings (SSSR count). The molecule has 0 radical (unpaired) electrons. The van der Waals surface area contributed by atoms with E-state index in [1.807, 2.05) is 6.07 Å². The first-order chi connectivity index (χ1) is 9.15. The van der Waals surface area contributed by atoms with Crippen LogP contribution in [-0.2, 0) is 9.53 Å². The van der Waals surface area contributed by atoms with Gasteiger partial charge in [-0.05, 0) is 25.0 Å². The maximum absolute atomic E-state index is 12.4. The highest BCUT2D eigenvalue weighted by Crippen LogP contribution is 2.34. The number of ether oxygens (including phenoxy) is 1. The molecular formula is C14H13Cl2NO2. The summed E-state index contributed by atoms with van der Waals surface area (Å²) in [5.74, 6) is -1.32. The summed E-state index contributed by atoms with van der Waals surface area (Å²) in [6.45, 7) is 1.05. The van der Waals surface area contributed by atoms with Crippen LogP contribution >= 0.6 is 23.2 Å². The van der Waals surface area contributed by atoms with Crippen LogP contribution in [0.5, 0.6) is 0 Å². The van der Waals surface area contributed by atoms with Gasteiger partial charge in [-0.3, -0.25) is 4.79 Å². The van der Waals surface area contributed by atoms with E-state index >= 15 is 0 Å². The Morgan fingerprint density at radius 3 is 2.63 bits per heavy atom. The first-order valence-electron chi connectivity index (χ1n) is 6.10. The fraction of sp³-hybridized carbons (Fsp3) is 0.429. The zero-order valence-corrected chi connectivity index (χ0v) is 11.7. The molecule has 1 fully saturated rings. The van der Waals surface area contributed by atoms with Crippen molar-refractivity contribution in [2.45, 2.75) is 18.8 Å². The van der Waals surface area contributed by atoms with Crippen molar-refractivity contribution in [3.8, 4) is 6.07 Å². The second kappa shape index (κ2) is 6.38. The summed E-state index contributed by atoms with van der Waals surface area (Å²) in [6.07, 6.45) is 1.59. The SMILES string of the molecule is N#CC(C(=O)C1CCCOC1)c1c(Cl)cccc1Cl. The van der Waals surface area contributed by atoms with E-state index in [0.717, 1.165) is 12.8 Å². The minimum Gasteiger partial charge on any atom is -0.381 e. The van der Waals surface area contributed by atoms with E-state index in [0.29, 0.717) is 28.8 Å². The van der Waals surface area contributed by atoms with Crippen molar-refractivity contribution in [3.63, 3.8) is 0 Å². The number of hydrogen-bond donors (Lipinski definition) is 0. The van der Waals surface area contributed by atoms with Crippen molar-refractivity contribution in [2.75, 3.05) is 13.2 Å². The van der Waals surface area contributed by atoms with Gasteiger partial charge < -0.3 is 4.74 Å². The number of carbonyl (C=O) groups is 1. The molecule has 5 heteroatoms. The zero-order valence-electron chi connectivity index (χ0n) is 10.2. The first-order valence-corrected chi connectivity index (χ1v) is 6.85. The van der Waals surface area contributed by atoms with Crippen LogP contribution in [0, 0.1) is 17.2 Å². The van der Waals surface area contributed by atoms with Crippen LogP contribution in [0.15, 0.2) is 18.2 Å². The standard InChI is InChI=1S/C14H13Cl2NO2/c15-11-4-1-5-12(16)13(11)10(7-17)14(18)9-3-2-6-19-8-9/h1,4-5,9-10H,2-3,6,8H2. The summed E-state index contributed by atoms with van der Waals surface area (Å²) < 4.78 is 5.30. The van der Waals surface area contributed by atoms with E-state index in [2.05, 4.69) is 0 Å². The van der Waals surface area contributed by atoms with E-state index in [4.69, 9.17) is 27.9 Å². The largest absolute Gasteiger partial charge is 0.381 e. The van der Waals surface area contributed by atoms with Crippen LogP contribution in [-0.4, -0.2) is 19.0 Å². The summed E-state index contributed by atoms with van der Waals surface area (Å²) in [4.78, 5) is 12.4. The van der Waals surface area contributed by atoms with E-state index in [-0.39, 0.29) is 11.7 Å². The third-order valence-electron chi connectivity index (χ3n) is 3.26. The Morgan fingerprint density at radius 1 is 1.42 bits per heavy atom. The molecule has 0 aromatic heterocycles. The van der Waals surface area contributed by atoms with Gasteiger partial charge in [-0.15, -0.1) is 0 Å². The topological polar surface area (TPSA) is 50.1 Å². The van der Waals surface area contributed by atoms with Crippen molar-refractivity contribution in [2.24, 2.45) is 5.92 Å². The number of ketones is 1. The third-order valence-corrected chi connectivity index (χ3v) is 3.92. The molecule has 1 aliphatic heterocycles. The molecular weight excluding hydrogens is 285 g/mol. The lowest BCUT2D eigenvalue weighted by Gasteiger charge is -2.23. The maximum atomic E-state index is 12.4. The van der Waals surface area contributed by atoms with Gasteiger partial charge in [0.1, 0.15) is 5.92 Å². The molecule has 0 N–H and O–H groups in total. The van der Waals surface area contributed by atoms with Gasteiger partial charge in [0.05, 0.1) is 12.7 Å². The predicted molar refractivity (Wildman–Crippen MR) is 73.4 cm³/mol. The van der Waals surface area contributed by atoms with Crippen LogP contribution in [0.1, 0.15) is 24.3 Å². The van der Waals surface area contributed by atoms with Crippen LogP contribution in [0.2, 0.25) is 10.0 Å². The third kappa shape index (κ3) is 3.09. The minimum absolute atomic E-state index is 0.155. The normalized spacial score (nSPS) is 20.6. The van der Waals surface area contributed by atoms with Gasteiger partial charge in [0.2, 0.25) is 0 Å². The number of benzene rings is 1. The minimum atomic E-state index is -0.923. The second-order valence-electron chi connectivity index (χ2n) is 4.51. The van der Waals surface area contributed by atoms with Gasteiger partial charge in [0.15, 0.2) is 5.78 Å². The molecule has 0 amide bonds. The smallest absolute Gasteiger partial charge is 0.159 e. The summed E-state index contributed by atoms with van der Waals surface area (Å²) >= 11 is 12.1. The first kappa shape index (κ1) is 14.3. The number of nitriles is 1. The molecule has 1 saturated heterocycles.